The molecule has 2 amide bonds. The van der Waals surface area contributed by atoms with Crippen LogP contribution in [0.2, 0.25) is 0 Å². The lowest BCUT2D eigenvalue weighted by Crippen LogP contribution is -2.58. The van der Waals surface area contributed by atoms with Gasteiger partial charge in [-0.15, -0.1) is 0 Å². The molecule has 9 heteroatoms. The lowest BCUT2D eigenvalue weighted by Gasteiger charge is -2.40. The monoisotopic (exact) mass is 474 g/mol. The molecule has 0 saturated carbocycles. The topological polar surface area (TPSA) is 125 Å². The number of carbonyl (C=O) groups excluding carboxylic acids is 2. The number of H-pyrrole nitrogens is 1. The number of amides is 2. The lowest BCUT2D eigenvalue weighted by atomic mass is 9.95. The molecule has 1 saturated heterocycles. The smallest absolute Gasteiger partial charge is 0.407 e. The molecule has 2 aromatic carbocycles. The number of fused-ring (bicyclic) bond motifs is 3. The van der Waals surface area contributed by atoms with Gasteiger partial charge in [0.05, 0.1) is 12.7 Å². The second-order valence-corrected chi connectivity index (χ2v) is 9.01. The van der Waals surface area contributed by atoms with Crippen LogP contribution in [0.5, 0.6) is 0 Å². The fraction of sp³-hybridized carbons (Fsp3) is 0.308. The van der Waals surface area contributed by atoms with Gasteiger partial charge in [-0.1, -0.05) is 48.5 Å². The highest BCUT2D eigenvalue weighted by molar-refractivity contribution is 5.87. The number of carboxylic acids is 1. The lowest BCUT2D eigenvalue weighted by molar-refractivity contribution is -0.146. The van der Waals surface area contributed by atoms with E-state index in [9.17, 15) is 14.4 Å². The summed E-state index contributed by atoms with van der Waals surface area (Å²) in [7, 11) is 0. The van der Waals surface area contributed by atoms with Crippen molar-refractivity contribution in [2.24, 2.45) is 5.92 Å². The normalized spacial score (nSPS) is 15.6. The maximum Gasteiger partial charge on any atom is 0.407 e. The van der Waals surface area contributed by atoms with Crippen LogP contribution in [0.25, 0.3) is 11.1 Å². The molecule has 2 aliphatic rings. The molecule has 3 N–H and O–H groups in total. The number of aromatic amines is 1. The van der Waals surface area contributed by atoms with Crippen LogP contribution in [0.3, 0.4) is 0 Å². The molecule has 0 radical (unpaired) electrons. The fourth-order valence-corrected chi connectivity index (χ4v) is 4.94. The molecule has 0 unspecified atom stereocenters. The zero-order valence-electron chi connectivity index (χ0n) is 19.0. The Morgan fingerprint density at radius 3 is 2.34 bits per heavy atom. The van der Waals surface area contributed by atoms with Crippen LogP contribution in [0.15, 0.2) is 61.1 Å². The van der Waals surface area contributed by atoms with E-state index in [2.05, 4.69) is 27.4 Å². The first-order valence-electron chi connectivity index (χ1n) is 11.6. The standard InChI is InChI=1S/C26H26N4O5/c31-24(32)9-16-12-30(13-16)25(33)23(10-17-11-27-15-28-17)29-26(34)35-14-22-20-7-3-1-5-18(20)19-6-2-4-8-21(19)22/h1-8,11,15-16,22-23H,9-10,12-14H2,(H,27,28)(H,29,34)(H,31,32)/t23-/m0/s1. The number of carboxylic acid groups (broad SMARTS) is 1. The predicted octanol–water partition coefficient (Wildman–Crippen LogP) is 2.79. The zero-order chi connectivity index (χ0) is 24.4. The highest BCUT2D eigenvalue weighted by Gasteiger charge is 2.37. The van der Waals surface area contributed by atoms with Gasteiger partial charge in [0.1, 0.15) is 12.6 Å². The number of imidazole rings is 1. The summed E-state index contributed by atoms with van der Waals surface area (Å²) in [5, 5.41) is 11.7. The summed E-state index contributed by atoms with van der Waals surface area (Å²) >= 11 is 0. The number of rotatable bonds is 8. The molecule has 3 aromatic rings. The van der Waals surface area contributed by atoms with Crippen LogP contribution in [0.4, 0.5) is 4.79 Å². The maximum absolute atomic E-state index is 13.1. The van der Waals surface area contributed by atoms with Gasteiger partial charge < -0.3 is 25.0 Å². The van der Waals surface area contributed by atoms with Gasteiger partial charge in [-0.05, 0) is 22.3 Å². The number of hydrogen-bond acceptors (Lipinski definition) is 5. The van der Waals surface area contributed by atoms with Crippen LogP contribution < -0.4 is 5.32 Å². The van der Waals surface area contributed by atoms with Crippen LogP contribution in [-0.2, 0) is 20.7 Å². The summed E-state index contributed by atoms with van der Waals surface area (Å²) in [6.45, 7) is 0.864. The second kappa shape index (κ2) is 9.61. The average Bonchev–Trinajstić information content (AvgIpc) is 3.45. The van der Waals surface area contributed by atoms with Gasteiger partial charge in [0, 0.05) is 43.2 Å². The minimum Gasteiger partial charge on any atom is -0.481 e. The number of carbonyl (C=O) groups is 3. The minimum absolute atomic E-state index is 0.0226. The highest BCUT2D eigenvalue weighted by atomic mass is 16.5. The predicted molar refractivity (Wildman–Crippen MR) is 127 cm³/mol. The van der Waals surface area contributed by atoms with Crippen LogP contribution in [-0.4, -0.2) is 63.7 Å². The largest absolute Gasteiger partial charge is 0.481 e. The summed E-state index contributed by atoms with van der Waals surface area (Å²) in [6, 6.07) is 15.3. The molecule has 1 aliphatic carbocycles. The number of ether oxygens (including phenoxy) is 1. The van der Waals surface area contributed by atoms with E-state index in [1.807, 2.05) is 36.4 Å². The summed E-state index contributed by atoms with van der Waals surface area (Å²) in [4.78, 5) is 45.3. The number of nitrogens with one attached hydrogen (secondary N) is 2. The number of alkyl carbamates (subject to hydrolysis) is 1. The molecule has 180 valence electrons. The number of benzene rings is 2. The van der Waals surface area contributed by atoms with E-state index in [0.717, 1.165) is 22.3 Å². The highest BCUT2D eigenvalue weighted by Crippen LogP contribution is 2.44. The Morgan fingerprint density at radius 1 is 1.09 bits per heavy atom. The second-order valence-electron chi connectivity index (χ2n) is 9.01. The molecule has 1 fully saturated rings. The van der Waals surface area contributed by atoms with E-state index in [1.54, 1.807) is 11.1 Å². The van der Waals surface area contributed by atoms with Crippen molar-refractivity contribution >= 4 is 18.0 Å². The molecule has 0 bridgehead atoms. The van der Waals surface area contributed by atoms with Gasteiger partial charge in [0.15, 0.2) is 0 Å². The van der Waals surface area contributed by atoms with E-state index < -0.39 is 18.1 Å². The Morgan fingerprint density at radius 2 is 1.74 bits per heavy atom. The first-order chi connectivity index (χ1) is 17.0. The minimum atomic E-state index is -0.882. The number of aliphatic carboxylic acids is 1. The van der Waals surface area contributed by atoms with Crippen molar-refractivity contribution in [2.75, 3.05) is 19.7 Å². The van der Waals surface area contributed by atoms with Crippen molar-refractivity contribution in [3.8, 4) is 11.1 Å². The third kappa shape index (κ3) is 4.75. The van der Waals surface area contributed by atoms with Gasteiger partial charge in [-0.3, -0.25) is 9.59 Å². The molecule has 1 aliphatic heterocycles. The van der Waals surface area contributed by atoms with Gasteiger partial charge >= 0.3 is 12.1 Å². The Labute approximate surface area is 202 Å². The summed E-state index contributed by atoms with van der Waals surface area (Å²) in [5.74, 6) is -1.30. The average molecular weight is 475 g/mol. The van der Waals surface area contributed by atoms with E-state index in [-0.39, 0.29) is 37.2 Å². The van der Waals surface area contributed by atoms with Crippen LogP contribution in [0.1, 0.15) is 29.2 Å². The van der Waals surface area contributed by atoms with Crippen LogP contribution in [0, 0.1) is 5.92 Å². The molecule has 2 heterocycles. The van der Waals surface area contributed by atoms with E-state index >= 15 is 0 Å². The first kappa shape index (κ1) is 22.6. The summed E-state index contributed by atoms with van der Waals surface area (Å²) in [6.07, 6.45) is 2.69. The van der Waals surface area contributed by atoms with Gasteiger partial charge in [0.2, 0.25) is 5.91 Å². The molecular formula is C26H26N4O5. The fourth-order valence-electron chi connectivity index (χ4n) is 4.94. The van der Waals surface area contributed by atoms with E-state index in [4.69, 9.17) is 9.84 Å². The zero-order valence-corrected chi connectivity index (χ0v) is 19.0. The number of likely N-dealkylation sites (tertiary alicyclic amines) is 1. The van der Waals surface area contributed by atoms with E-state index in [1.165, 1.54) is 6.33 Å². The third-order valence-electron chi connectivity index (χ3n) is 6.64. The van der Waals surface area contributed by atoms with Crippen molar-refractivity contribution in [1.29, 1.82) is 0 Å². The van der Waals surface area contributed by atoms with Crippen LogP contribution >= 0.6 is 0 Å². The Bertz CT molecular complexity index is 1190. The van der Waals surface area contributed by atoms with Gasteiger partial charge in [0.25, 0.3) is 0 Å². The van der Waals surface area contributed by atoms with Crippen molar-refractivity contribution in [3.05, 3.63) is 77.9 Å². The Hall–Kier alpha value is -4.14. The number of aromatic nitrogens is 2. The Balaban J connectivity index is 1.24. The molecule has 1 aromatic heterocycles. The van der Waals surface area contributed by atoms with Crippen molar-refractivity contribution < 1.29 is 24.2 Å². The summed E-state index contributed by atoms with van der Waals surface area (Å²) < 4.78 is 5.62. The molecule has 35 heavy (non-hydrogen) atoms. The quantitative estimate of drug-likeness (QED) is 0.461. The van der Waals surface area contributed by atoms with Crippen molar-refractivity contribution in [1.82, 2.24) is 20.2 Å². The molecule has 1 atom stereocenters. The first-order valence-corrected chi connectivity index (χ1v) is 11.6. The third-order valence-corrected chi connectivity index (χ3v) is 6.64. The number of nitrogens with zero attached hydrogens (tertiary/aromatic N) is 2. The summed E-state index contributed by atoms with van der Waals surface area (Å²) in [5.41, 5.74) is 5.19. The van der Waals surface area contributed by atoms with E-state index in [0.29, 0.717) is 18.8 Å². The van der Waals surface area contributed by atoms with Gasteiger partial charge in [-0.2, -0.15) is 0 Å². The molecule has 5 rings (SSSR count). The molecular weight excluding hydrogens is 448 g/mol. The van der Waals surface area contributed by atoms with Gasteiger partial charge in [-0.25, -0.2) is 9.78 Å². The van der Waals surface area contributed by atoms with Crippen molar-refractivity contribution in [3.63, 3.8) is 0 Å². The molecule has 9 nitrogen and oxygen atoms in total. The number of hydrogen-bond donors (Lipinski definition) is 3. The SMILES string of the molecule is O=C(O)CC1CN(C(=O)[C@H](Cc2cnc[nH]2)NC(=O)OCC2c3ccccc3-c3ccccc32)C1. The van der Waals surface area contributed by atoms with Crippen molar-refractivity contribution in [2.45, 2.75) is 24.8 Å². The molecule has 0 spiro atoms. The Kier molecular flexibility index (Phi) is 6.22. The maximum atomic E-state index is 13.1.